The van der Waals surface area contributed by atoms with Gasteiger partial charge in [-0.15, -0.1) is 0 Å². The molecular formula is C17H24O5. The van der Waals surface area contributed by atoms with Crippen LogP contribution < -0.4 is 4.74 Å². The van der Waals surface area contributed by atoms with E-state index in [-0.39, 0.29) is 13.2 Å². The van der Waals surface area contributed by atoms with Crippen LogP contribution in [0.4, 0.5) is 0 Å². The molecule has 0 unspecified atom stereocenters. The standard InChI is InChI=1S/C17H24O5/c1-13(2)7-6-10-21-16(18)11-20-12-17(19)22-15-9-5-4-8-14(15)3/h4-5,8-9,13H,6-7,10-12H2,1-3H3. The molecule has 22 heavy (non-hydrogen) atoms. The Hall–Kier alpha value is -1.88. The minimum Gasteiger partial charge on any atom is -0.464 e. The Balaban J connectivity index is 2.14. The first kappa shape index (κ1) is 18.2. The van der Waals surface area contributed by atoms with Gasteiger partial charge in [0.2, 0.25) is 0 Å². The summed E-state index contributed by atoms with van der Waals surface area (Å²) in [7, 11) is 0. The second-order valence-corrected chi connectivity index (χ2v) is 5.49. The van der Waals surface area contributed by atoms with Crippen molar-refractivity contribution in [1.82, 2.24) is 0 Å². The summed E-state index contributed by atoms with van der Waals surface area (Å²) in [5.41, 5.74) is 0.861. The molecule has 1 aromatic carbocycles. The molecule has 0 aliphatic carbocycles. The number of carbonyl (C=O) groups excluding carboxylic acids is 2. The number of esters is 2. The van der Waals surface area contributed by atoms with Gasteiger partial charge in [0.15, 0.2) is 0 Å². The molecule has 5 nitrogen and oxygen atoms in total. The summed E-state index contributed by atoms with van der Waals surface area (Å²) in [6.07, 6.45) is 1.84. The number of hydrogen-bond acceptors (Lipinski definition) is 5. The number of carbonyl (C=O) groups is 2. The Bertz CT molecular complexity index is 482. The number of hydrogen-bond donors (Lipinski definition) is 0. The Labute approximate surface area is 131 Å². The van der Waals surface area contributed by atoms with Gasteiger partial charge in [0.1, 0.15) is 19.0 Å². The molecule has 0 N–H and O–H groups in total. The van der Waals surface area contributed by atoms with E-state index >= 15 is 0 Å². The average molecular weight is 308 g/mol. The minimum absolute atomic E-state index is 0.245. The van der Waals surface area contributed by atoms with Crippen LogP contribution in [0.3, 0.4) is 0 Å². The number of benzene rings is 1. The molecule has 1 aromatic rings. The predicted octanol–water partition coefficient (Wildman–Crippen LogP) is 2.90. The van der Waals surface area contributed by atoms with Gasteiger partial charge in [-0.1, -0.05) is 32.0 Å². The van der Waals surface area contributed by atoms with E-state index in [1.165, 1.54) is 0 Å². The lowest BCUT2D eigenvalue weighted by molar-refractivity contribution is -0.152. The van der Waals surface area contributed by atoms with Crippen molar-refractivity contribution in [2.75, 3.05) is 19.8 Å². The van der Waals surface area contributed by atoms with Gasteiger partial charge in [-0.2, -0.15) is 0 Å². The van der Waals surface area contributed by atoms with E-state index in [2.05, 4.69) is 13.8 Å². The molecule has 0 spiro atoms. The van der Waals surface area contributed by atoms with E-state index in [1.807, 2.05) is 19.1 Å². The maximum Gasteiger partial charge on any atom is 0.337 e. The van der Waals surface area contributed by atoms with Gasteiger partial charge in [-0.25, -0.2) is 9.59 Å². The molecule has 0 aromatic heterocycles. The highest BCUT2D eigenvalue weighted by Gasteiger charge is 2.09. The second kappa shape index (κ2) is 9.95. The summed E-state index contributed by atoms with van der Waals surface area (Å²) >= 11 is 0. The Kier molecular flexibility index (Phi) is 8.22. The second-order valence-electron chi connectivity index (χ2n) is 5.49. The Morgan fingerprint density at radius 2 is 1.77 bits per heavy atom. The van der Waals surface area contributed by atoms with E-state index in [1.54, 1.807) is 12.1 Å². The van der Waals surface area contributed by atoms with E-state index < -0.39 is 11.9 Å². The van der Waals surface area contributed by atoms with Gasteiger partial charge < -0.3 is 14.2 Å². The molecule has 0 heterocycles. The molecule has 0 atom stereocenters. The van der Waals surface area contributed by atoms with E-state index in [9.17, 15) is 9.59 Å². The lowest BCUT2D eigenvalue weighted by Gasteiger charge is -2.08. The van der Waals surface area contributed by atoms with Crippen molar-refractivity contribution in [2.45, 2.75) is 33.6 Å². The van der Waals surface area contributed by atoms with Crippen molar-refractivity contribution < 1.29 is 23.8 Å². The number of aryl methyl sites for hydroxylation is 1. The van der Waals surface area contributed by atoms with E-state index in [0.717, 1.165) is 18.4 Å². The quantitative estimate of drug-likeness (QED) is 0.399. The molecule has 0 bridgehead atoms. The van der Waals surface area contributed by atoms with Gasteiger partial charge in [0.05, 0.1) is 6.61 Å². The van der Waals surface area contributed by atoms with Crippen LogP contribution in [-0.4, -0.2) is 31.8 Å². The van der Waals surface area contributed by atoms with E-state index in [4.69, 9.17) is 14.2 Å². The third-order valence-electron chi connectivity index (χ3n) is 2.95. The average Bonchev–Trinajstić information content (AvgIpc) is 2.46. The number of rotatable bonds is 9. The largest absolute Gasteiger partial charge is 0.464 e. The molecular weight excluding hydrogens is 284 g/mol. The topological polar surface area (TPSA) is 61.8 Å². The summed E-state index contributed by atoms with van der Waals surface area (Å²) in [5.74, 6) is 0.0767. The molecule has 0 fully saturated rings. The van der Waals surface area contributed by atoms with Crippen LogP contribution >= 0.6 is 0 Å². The summed E-state index contributed by atoms with van der Waals surface area (Å²) in [4.78, 5) is 23.0. The molecule has 122 valence electrons. The molecule has 1 rings (SSSR count). The summed E-state index contributed by atoms with van der Waals surface area (Å²) in [5, 5.41) is 0. The van der Waals surface area contributed by atoms with E-state index in [0.29, 0.717) is 18.3 Å². The zero-order valence-corrected chi connectivity index (χ0v) is 13.5. The Morgan fingerprint density at radius 3 is 2.45 bits per heavy atom. The minimum atomic E-state index is -0.540. The van der Waals surface area contributed by atoms with Crippen molar-refractivity contribution in [3.05, 3.63) is 29.8 Å². The fourth-order valence-electron chi connectivity index (χ4n) is 1.76. The monoisotopic (exact) mass is 308 g/mol. The highest BCUT2D eigenvalue weighted by Crippen LogP contribution is 2.16. The molecule has 5 heteroatoms. The van der Waals surface area contributed by atoms with Crippen LogP contribution in [0.25, 0.3) is 0 Å². The van der Waals surface area contributed by atoms with Gasteiger partial charge in [-0.3, -0.25) is 0 Å². The molecule has 0 aliphatic rings. The third kappa shape index (κ3) is 7.78. The zero-order chi connectivity index (χ0) is 16.4. The SMILES string of the molecule is Cc1ccccc1OC(=O)COCC(=O)OCCCC(C)C. The fraction of sp³-hybridized carbons (Fsp3) is 0.529. The van der Waals surface area contributed by atoms with Gasteiger partial charge in [-0.05, 0) is 37.3 Å². The first-order valence-corrected chi connectivity index (χ1v) is 7.48. The first-order valence-electron chi connectivity index (χ1n) is 7.48. The first-order chi connectivity index (χ1) is 10.5. The number of ether oxygens (including phenoxy) is 3. The number of para-hydroxylation sites is 1. The smallest absolute Gasteiger partial charge is 0.337 e. The fourth-order valence-corrected chi connectivity index (χ4v) is 1.76. The highest BCUT2D eigenvalue weighted by molar-refractivity contribution is 5.75. The van der Waals surface area contributed by atoms with Crippen molar-refractivity contribution >= 4 is 11.9 Å². The van der Waals surface area contributed by atoms with Crippen LogP contribution in [-0.2, 0) is 19.1 Å². The summed E-state index contributed by atoms with van der Waals surface area (Å²) in [6.45, 7) is 5.93. The summed E-state index contributed by atoms with van der Waals surface area (Å²) < 4.78 is 15.1. The van der Waals surface area contributed by atoms with Crippen LogP contribution in [0.2, 0.25) is 0 Å². The normalized spacial score (nSPS) is 10.5. The van der Waals surface area contributed by atoms with Gasteiger partial charge in [0.25, 0.3) is 0 Å². The molecule has 0 saturated carbocycles. The highest BCUT2D eigenvalue weighted by atomic mass is 16.6. The van der Waals surface area contributed by atoms with Crippen LogP contribution in [0.15, 0.2) is 24.3 Å². The molecule has 0 radical (unpaired) electrons. The predicted molar refractivity (Wildman–Crippen MR) is 82.7 cm³/mol. The maximum absolute atomic E-state index is 11.6. The van der Waals surface area contributed by atoms with Crippen molar-refractivity contribution in [1.29, 1.82) is 0 Å². The lowest BCUT2D eigenvalue weighted by Crippen LogP contribution is -2.20. The van der Waals surface area contributed by atoms with Crippen molar-refractivity contribution in [3.8, 4) is 5.75 Å². The van der Waals surface area contributed by atoms with Gasteiger partial charge >= 0.3 is 11.9 Å². The summed E-state index contributed by atoms with van der Waals surface area (Å²) in [6, 6.07) is 7.19. The van der Waals surface area contributed by atoms with Gasteiger partial charge in [0, 0.05) is 0 Å². The molecule has 0 saturated heterocycles. The third-order valence-corrected chi connectivity index (χ3v) is 2.95. The van der Waals surface area contributed by atoms with Crippen molar-refractivity contribution in [3.63, 3.8) is 0 Å². The van der Waals surface area contributed by atoms with Crippen LogP contribution in [0.5, 0.6) is 5.75 Å². The zero-order valence-electron chi connectivity index (χ0n) is 13.5. The van der Waals surface area contributed by atoms with Crippen LogP contribution in [0, 0.1) is 12.8 Å². The Morgan fingerprint density at radius 1 is 1.09 bits per heavy atom. The van der Waals surface area contributed by atoms with Crippen LogP contribution in [0.1, 0.15) is 32.3 Å². The molecule has 0 amide bonds. The molecule has 0 aliphatic heterocycles. The maximum atomic E-state index is 11.6. The lowest BCUT2D eigenvalue weighted by atomic mass is 10.1. The van der Waals surface area contributed by atoms with Crippen molar-refractivity contribution in [2.24, 2.45) is 5.92 Å².